The second-order valence-electron chi connectivity index (χ2n) is 6.37. The number of ether oxygens (including phenoxy) is 1. The van der Waals surface area contributed by atoms with E-state index in [1.807, 2.05) is 7.05 Å². The van der Waals surface area contributed by atoms with E-state index < -0.39 is 0 Å². The van der Waals surface area contributed by atoms with Crippen LogP contribution in [0.2, 0.25) is 0 Å². The van der Waals surface area contributed by atoms with Gasteiger partial charge in [0.15, 0.2) is 0 Å². The van der Waals surface area contributed by atoms with E-state index in [0.29, 0.717) is 6.04 Å². The van der Waals surface area contributed by atoms with E-state index in [1.165, 1.54) is 11.1 Å². The van der Waals surface area contributed by atoms with Crippen LogP contribution in [0.15, 0.2) is 24.3 Å². The Bertz CT molecular complexity index is 431. The minimum atomic E-state index is -0.0405. The number of nitrogens with zero attached hydrogens (tertiary/aromatic N) is 1. The van der Waals surface area contributed by atoms with Gasteiger partial charge in [0.2, 0.25) is 0 Å². The smallest absolute Gasteiger partial charge is 0.0634 e. The highest BCUT2D eigenvalue weighted by molar-refractivity contribution is 5.30. The van der Waals surface area contributed by atoms with Crippen LogP contribution in [0.5, 0.6) is 0 Å². The van der Waals surface area contributed by atoms with Crippen molar-refractivity contribution in [2.24, 2.45) is 0 Å². The highest BCUT2D eigenvalue weighted by atomic mass is 16.5. The molecule has 1 aliphatic rings. The van der Waals surface area contributed by atoms with Gasteiger partial charge in [-0.25, -0.2) is 0 Å². The van der Waals surface area contributed by atoms with Crippen molar-refractivity contribution in [1.82, 2.24) is 10.2 Å². The second-order valence-corrected chi connectivity index (χ2v) is 6.37. The van der Waals surface area contributed by atoms with Crippen LogP contribution in [0.1, 0.15) is 31.4 Å². The van der Waals surface area contributed by atoms with Crippen LogP contribution in [0.4, 0.5) is 0 Å². The summed E-state index contributed by atoms with van der Waals surface area (Å²) in [5.41, 5.74) is 2.95. The number of likely N-dealkylation sites (N-methyl/N-ethyl adjacent to an activating group) is 1. The summed E-state index contributed by atoms with van der Waals surface area (Å²) in [4.78, 5) is 2.60. The van der Waals surface area contributed by atoms with Crippen LogP contribution in [0, 0.1) is 0 Å². The molecule has 112 valence electrons. The van der Waals surface area contributed by atoms with Crippen LogP contribution in [0.3, 0.4) is 0 Å². The van der Waals surface area contributed by atoms with E-state index in [9.17, 15) is 0 Å². The number of hydrogen-bond acceptors (Lipinski definition) is 3. The van der Waals surface area contributed by atoms with Gasteiger partial charge in [-0.15, -0.1) is 0 Å². The third-order valence-electron chi connectivity index (χ3n) is 4.46. The number of hydrogen-bond donors (Lipinski definition) is 1. The van der Waals surface area contributed by atoms with Gasteiger partial charge in [0.25, 0.3) is 0 Å². The van der Waals surface area contributed by atoms with Crippen molar-refractivity contribution in [3.8, 4) is 0 Å². The maximum Gasteiger partial charge on any atom is 0.0634 e. The van der Waals surface area contributed by atoms with Gasteiger partial charge in [0, 0.05) is 32.8 Å². The predicted molar refractivity (Wildman–Crippen MR) is 84.0 cm³/mol. The Balaban J connectivity index is 2.06. The van der Waals surface area contributed by atoms with Crippen molar-refractivity contribution in [2.75, 3.05) is 27.2 Å². The van der Waals surface area contributed by atoms with Gasteiger partial charge in [0.1, 0.15) is 0 Å². The maximum atomic E-state index is 5.55. The molecule has 0 radical (unpaired) electrons. The van der Waals surface area contributed by atoms with Gasteiger partial charge in [-0.2, -0.15) is 0 Å². The van der Waals surface area contributed by atoms with E-state index in [1.54, 1.807) is 7.11 Å². The van der Waals surface area contributed by atoms with Gasteiger partial charge in [-0.1, -0.05) is 24.3 Å². The molecular formula is C17H28N2O. The first-order chi connectivity index (χ1) is 9.55. The first-order valence-corrected chi connectivity index (χ1v) is 7.56. The quantitative estimate of drug-likeness (QED) is 0.864. The number of rotatable bonds is 6. The molecule has 20 heavy (non-hydrogen) atoms. The Labute approximate surface area is 123 Å². The predicted octanol–water partition coefficient (Wildman–Crippen LogP) is 2.45. The van der Waals surface area contributed by atoms with Crippen LogP contribution < -0.4 is 5.32 Å². The zero-order valence-electron chi connectivity index (χ0n) is 13.3. The van der Waals surface area contributed by atoms with E-state index >= 15 is 0 Å². The highest BCUT2D eigenvalue weighted by Gasteiger charge is 2.27. The summed E-state index contributed by atoms with van der Waals surface area (Å²) in [6.45, 7) is 7.52. The van der Waals surface area contributed by atoms with Gasteiger partial charge >= 0.3 is 0 Å². The van der Waals surface area contributed by atoms with Crippen LogP contribution in [-0.4, -0.2) is 43.8 Å². The number of benzene rings is 1. The molecule has 1 aromatic carbocycles. The molecule has 0 spiro atoms. The third-order valence-corrected chi connectivity index (χ3v) is 4.46. The SMILES string of the molecule is CNCC1Cc2ccccc2CN1CCC(C)(C)OC. The lowest BCUT2D eigenvalue weighted by Gasteiger charge is -2.38. The third kappa shape index (κ3) is 3.81. The van der Waals surface area contributed by atoms with Crippen molar-refractivity contribution >= 4 is 0 Å². The highest BCUT2D eigenvalue weighted by Crippen LogP contribution is 2.24. The monoisotopic (exact) mass is 276 g/mol. The Hall–Kier alpha value is -0.900. The summed E-state index contributed by atoms with van der Waals surface area (Å²) in [6, 6.07) is 9.42. The fraction of sp³-hybridized carbons (Fsp3) is 0.647. The average molecular weight is 276 g/mol. The molecule has 0 fully saturated rings. The van der Waals surface area contributed by atoms with Gasteiger partial charge < -0.3 is 10.1 Å². The van der Waals surface area contributed by atoms with E-state index in [-0.39, 0.29) is 5.60 Å². The van der Waals surface area contributed by atoms with E-state index in [0.717, 1.165) is 32.5 Å². The fourth-order valence-corrected chi connectivity index (χ4v) is 2.86. The van der Waals surface area contributed by atoms with Gasteiger partial charge in [-0.05, 0) is 44.9 Å². The number of nitrogens with one attached hydrogen (secondary N) is 1. The standard InChI is InChI=1S/C17H28N2O/c1-17(2,20-4)9-10-19-13-15-8-6-5-7-14(15)11-16(19)12-18-3/h5-8,16,18H,9-13H2,1-4H3. The summed E-state index contributed by atoms with van der Waals surface area (Å²) in [7, 11) is 3.84. The zero-order valence-corrected chi connectivity index (χ0v) is 13.3. The normalized spacial score (nSPS) is 19.9. The molecule has 1 aliphatic heterocycles. The fourth-order valence-electron chi connectivity index (χ4n) is 2.86. The molecule has 0 amide bonds. The summed E-state index contributed by atoms with van der Waals surface area (Å²) in [5.74, 6) is 0. The molecule has 0 aliphatic carbocycles. The van der Waals surface area contributed by atoms with Crippen molar-refractivity contribution in [3.63, 3.8) is 0 Å². The van der Waals surface area contributed by atoms with Crippen molar-refractivity contribution in [1.29, 1.82) is 0 Å². The molecule has 3 heteroatoms. The Morgan fingerprint density at radius 3 is 2.65 bits per heavy atom. The molecule has 1 N–H and O–H groups in total. The van der Waals surface area contributed by atoms with Crippen LogP contribution >= 0.6 is 0 Å². The Morgan fingerprint density at radius 1 is 1.30 bits per heavy atom. The summed E-state index contributed by atoms with van der Waals surface area (Å²) < 4.78 is 5.55. The molecular weight excluding hydrogens is 248 g/mol. The van der Waals surface area contributed by atoms with Crippen LogP contribution in [-0.2, 0) is 17.7 Å². The molecule has 0 aromatic heterocycles. The molecule has 1 unspecified atom stereocenters. The molecule has 1 heterocycles. The summed E-state index contributed by atoms with van der Waals surface area (Å²) in [5, 5.41) is 3.34. The molecule has 0 saturated carbocycles. The molecule has 2 rings (SSSR count). The lowest BCUT2D eigenvalue weighted by Crippen LogP contribution is -2.47. The lowest BCUT2D eigenvalue weighted by molar-refractivity contribution is 0.00200. The zero-order chi connectivity index (χ0) is 14.6. The largest absolute Gasteiger partial charge is 0.379 e. The Morgan fingerprint density at radius 2 is 2.00 bits per heavy atom. The van der Waals surface area contributed by atoms with Crippen LogP contribution in [0.25, 0.3) is 0 Å². The molecule has 0 bridgehead atoms. The molecule has 3 nitrogen and oxygen atoms in total. The van der Waals surface area contributed by atoms with E-state index in [4.69, 9.17) is 4.74 Å². The van der Waals surface area contributed by atoms with Crippen molar-refractivity contribution < 1.29 is 4.74 Å². The molecule has 0 saturated heterocycles. The van der Waals surface area contributed by atoms with Crippen molar-refractivity contribution in [3.05, 3.63) is 35.4 Å². The second kappa shape index (κ2) is 6.70. The summed E-state index contributed by atoms with van der Waals surface area (Å²) in [6.07, 6.45) is 2.20. The average Bonchev–Trinajstić information content (AvgIpc) is 2.45. The summed E-state index contributed by atoms with van der Waals surface area (Å²) >= 11 is 0. The lowest BCUT2D eigenvalue weighted by atomic mass is 9.93. The Kier molecular flexibility index (Phi) is 5.19. The first-order valence-electron chi connectivity index (χ1n) is 7.56. The van der Waals surface area contributed by atoms with E-state index in [2.05, 4.69) is 48.3 Å². The minimum absolute atomic E-state index is 0.0405. The van der Waals surface area contributed by atoms with Gasteiger partial charge in [0.05, 0.1) is 5.60 Å². The number of fused-ring (bicyclic) bond motifs is 1. The van der Waals surface area contributed by atoms with Crippen molar-refractivity contribution in [2.45, 2.75) is 44.9 Å². The number of methoxy groups -OCH3 is 1. The first kappa shape index (κ1) is 15.5. The topological polar surface area (TPSA) is 24.5 Å². The minimum Gasteiger partial charge on any atom is -0.379 e. The maximum absolute atomic E-state index is 5.55. The van der Waals surface area contributed by atoms with Gasteiger partial charge in [-0.3, -0.25) is 4.90 Å². The molecule has 1 aromatic rings. The molecule has 1 atom stereocenters.